The number of sulfonamides is 1. The van der Waals surface area contributed by atoms with E-state index in [9.17, 15) is 18.0 Å². The molecule has 2 aromatic carbocycles. The fourth-order valence-electron chi connectivity index (χ4n) is 2.40. The zero-order valence-corrected chi connectivity index (χ0v) is 15.9. The van der Waals surface area contributed by atoms with E-state index in [4.69, 9.17) is 0 Å². The molecule has 0 aliphatic carbocycles. The first-order valence-electron chi connectivity index (χ1n) is 8.14. The predicted molar refractivity (Wildman–Crippen MR) is 104 cm³/mol. The van der Waals surface area contributed by atoms with Gasteiger partial charge in [0, 0.05) is 30.4 Å². The Kier molecular flexibility index (Phi) is 6.49. The molecule has 2 aromatic rings. The van der Waals surface area contributed by atoms with Crippen LogP contribution in [0, 0.1) is 6.92 Å². The molecule has 142 valence electrons. The van der Waals surface area contributed by atoms with Crippen molar-refractivity contribution in [2.75, 3.05) is 18.9 Å². The molecule has 0 aliphatic heterocycles. The fraction of sp³-hybridized carbons (Fsp3) is 0.158. The van der Waals surface area contributed by atoms with Crippen LogP contribution in [0.2, 0.25) is 0 Å². The summed E-state index contributed by atoms with van der Waals surface area (Å²) in [6.07, 6.45) is 1.43. The van der Waals surface area contributed by atoms with E-state index >= 15 is 0 Å². The largest absolute Gasteiger partial charge is 0.355 e. The minimum absolute atomic E-state index is 0.0205. The third-order valence-corrected chi connectivity index (χ3v) is 5.30. The maximum absolute atomic E-state index is 12.6. The van der Waals surface area contributed by atoms with Crippen LogP contribution in [-0.2, 0) is 10.0 Å². The quantitative estimate of drug-likeness (QED) is 0.633. The van der Waals surface area contributed by atoms with Crippen LogP contribution in [0.5, 0.6) is 0 Å². The topological polar surface area (TPSA) is 104 Å². The summed E-state index contributed by atoms with van der Waals surface area (Å²) in [5, 5.41) is 5.26. The van der Waals surface area contributed by atoms with Gasteiger partial charge in [-0.15, -0.1) is 6.58 Å². The van der Waals surface area contributed by atoms with Gasteiger partial charge in [-0.05, 0) is 42.8 Å². The Morgan fingerprint density at radius 1 is 1.11 bits per heavy atom. The zero-order chi connectivity index (χ0) is 20.0. The van der Waals surface area contributed by atoms with E-state index in [0.29, 0.717) is 16.8 Å². The molecule has 0 aromatic heterocycles. The van der Waals surface area contributed by atoms with Gasteiger partial charge in [-0.3, -0.25) is 9.59 Å². The van der Waals surface area contributed by atoms with Crippen LogP contribution in [0.3, 0.4) is 0 Å². The summed E-state index contributed by atoms with van der Waals surface area (Å²) < 4.78 is 26.7. The van der Waals surface area contributed by atoms with Crippen LogP contribution in [0.15, 0.2) is 60.0 Å². The van der Waals surface area contributed by atoms with Crippen molar-refractivity contribution in [2.24, 2.45) is 0 Å². The molecule has 2 rings (SSSR count). The van der Waals surface area contributed by atoms with E-state index in [1.165, 1.54) is 37.4 Å². The maximum Gasteiger partial charge on any atom is 0.255 e. The molecular formula is C19H21N3O4S. The normalized spacial score (nSPS) is 10.9. The van der Waals surface area contributed by atoms with E-state index in [1.807, 2.05) is 0 Å². The molecule has 8 heteroatoms. The summed E-state index contributed by atoms with van der Waals surface area (Å²) >= 11 is 0. The van der Waals surface area contributed by atoms with Gasteiger partial charge in [-0.2, -0.15) is 0 Å². The molecule has 0 atom stereocenters. The predicted octanol–water partition coefficient (Wildman–Crippen LogP) is 2.07. The summed E-state index contributed by atoms with van der Waals surface area (Å²) in [5.74, 6) is -0.738. The van der Waals surface area contributed by atoms with E-state index in [2.05, 4.69) is 21.9 Å². The molecule has 0 aliphatic rings. The number of hydrogen-bond donors (Lipinski definition) is 3. The number of nitrogens with one attached hydrogen (secondary N) is 3. The van der Waals surface area contributed by atoms with Crippen molar-refractivity contribution < 1.29 is 18.0 Å². The lowest BCUT2D eigenvalue weighted by atomic mass is 10.1. The summed E-state index contributed by atoms with van der Waals surface area (Å²) in [5.41, 5.74) is 1.71. The average Bonchev–Trinajstić information content (AvgIpc) is 2.67. The maximum atomic E-state index is 12.6. The van der Waals surface area contributed by atoms with Crippen molar-refractivity contribution in [3.63, 3.8) is 0 Å². The summed E-state index contributed by atoms with van der Waals surface area (Å²) in [7, 11) is -2.21. The Labute approximate surface area is 158 Å². The molecule has 0 bridgehead atoms. The van der Waals surface area contributed by atoms with Crippen LogP contribution in [0.1, 0.15) is 26.3 Å². The minimum atomic E-state index is -3.73. The molecule has 0 spiro atoms. The summed E-state index contributed by atoms with van der Waals surface area (Å²) in [6.45, 7) is 5.27. The average molecular weight is 387 g/mol. The first-order chi connectivity index (χ1) is 12.8. The molecule has 3 N–H and O–H groups in total. The molecule has 27 heavy (non-hydrogen) atoms. The Hall–Kier alpha value is -2.97. The molecule has 7 nitrogen and oxygen atoms in total. The Morgan fingerprint density at radius 2 is 1.81 bits per heavy atom. The molecule has 0 fully saturated rings. The number of amides is 2. The highest BCUT2D eigenvalue weighted by atomic mass is 32.2. The SMILES string of the molecule is C=CCNS(=O)(=O)c1cccc(C(=O)Nc2cccc(C(=O)NC)c2C)c1. The van der Waals surface area contributed by atoms with Crippen molar-refractivity contribution in [1.29, 1.82) is 0 Å². The van der Waals surface area contributed by atoms with Crippen LogP contribution < -0.4 is 15.4 Å². The van der Waals surface area contributed by atoms with Crippen LogP contribution in [0.25, 0.3) is 0 Å². The second-order valence-corrected chi connectivity index (χ2v) is 7.45. The van der Waals surface area contributed by atoms with E-state index in [1.54, 1.807) is 25.1 Å². The van der Waals surface area contributed by atoms with Gasteiger partial charge in [-0.1, -0.05) is 18.2 Å². The first-order valence-corrected chi connectivity index (χ1v) is 9.62. The number of hydrogen-bond acceptors (Lipinski definition) is 4. The monoisotopic (exact) mass is 387 g/mol. The standard InChI is InChI=1S/C19H21N3O4S/c1-4-11-21-27(25,26)15-8-5-7-14(12-15)18(23)22-17-10-6-9-16(13(17)2)19(24)20-3/h4-10,12,21H,1,11H2,2-3H3,(H,20,24)(H,22,23). The molecular weight excluding hydrogens is 366 g/mol. The van der Waals surface area contributed by atoms with Gasteiger partial charge < -0.3 is 10.6 Å². The van der Waals surface area contributed by atoms with Crippen molar-refractivity contribution in [1.82, 2.24) is 10.0 Å². The fourth-order valence-corrected chi connectivity index (χ4v) is 3.45. The van der Waals surface area contributed by atoms with E-state index in [-0.39, 0.29) is 22.9 Å². The highest BCUT2D eigenvalue weighted by molar-refractivity contribution is 7.89. The Bertz CT molecular complexity index is 984. The molecule has 0 heterocycles. The number of rotatable bonds is 7. The van der Waals surface area contributed by atoms with Crippen molar-refractivity contribution in [3.05, 3.63) is 71.8 Å². The van der Waals surface area contributed by atoms with Gasteiger partial charge in [0.2, 0.25) is 10.0 Å². The number of carbonyl (C=O) groups excluding carboxylic acids is 2. The van der Waals surface area contributed by atoms with Crippen molar-refractivity contribution in [2.45, 2.75) is 11.8 Å². The van der Waals surface area contributed by atoms with Gasteiger partial charge >= 0.3 is 0 Å². The van der Waals surface area contributed by atoms with E-state index < -0.39 is 15.9 Å². The van der Waals surface area contributed by atoms with Crippen LogP contribution >= 0.6 is 0 Å². The second-order valence-electron chi connectivity index (χ2n) is 5.68. The smallest absolute Gasteiger partial charge is 0.255 e. The highest BCUT2D eigenvalue weighted by Crippen LogP contribution is 2.20. The first kappa shape index (κ1) is 20.3. The number of anilines is 1. The summed E-state index contributed by atoms with van der Waals surface area (Å²) in [4.78, 5) is 24.4. The number of carbonyl (C=O) groups is 2. The van der Waals surface area contributed by atoms with Gasteiger partial charge in [-0.25, -0.2) is 13.1 Å². The third kappa shape index (κ3) is 4.81. The Balaban J connectivity index is 2.29. The molecule has 0 saturated heterocycles. The zero-order valence-electron chi connectivity index (χ0n) is 15.1. The van der Waals surface area contributed by atoms with Crippen LogP contribution in [-0.4, -0.2) is 33.8 Å². The lowest BCUT2D eigenvalue weighted by molar-refractivity contribution is 0.0960. The molecule has 0 saturated carbocycles. The van der Waals surface area contributed by atoms with Gasteiger partial charge in [0.25, 0.3) is 11.8 Å². The highest BCUT2D eigenvalue weighted by Gasteiger charge is 2.17. The lowest BCUT2D eigenvalue weighted by Crippen LogP contribution is -2.24. The van der Waals surface area contributed by atoms with Crippen LogP contribution in [0.4, 0.5) is 5.69 Å². The van der Waals surface area contributed by atoms with Gasteiger partial charge in [0.05, 0.1) is 4.90 Å². The number of benzene rings is 2. The summed E-state index contributed by atoms with van der Waals surface area (Å²) in [6, 6.07) is 10.7. The molecule has 0 unspecified atom stereocenters. The van der Waals surface area contributed by atoms with Crippen molar-refractivity contribution >= 4 is 27.5 Å². The van der Waals surface area contributed by atoms with E-state index in [0.717, 1.165) is 0 Å². The molecule has 0 radical (unpaired) electrons. The van der Waals surface area contributed by atoms with Gasteiger partial charge in [0.15, 0.2) is 0 Å². The minimum Gasteiger partial charge on any atom is -0.355 e. The van der Waals surface area contributed by atoms with Gasteiger partial charge in [0.1, 0.15) is 0 Å². The lowest BCUT2D eigenvalue weighted by Gasteiger charge is -2.12. The third-order valence-electron chi connectivity index (χ3n) is 3.88. The van der Waals surface area contributed by atoms with Crippen molar-refractivity contribution in [3.8, 4) is 0 Å². The Morgan fingerprint density at radius 3 is 2.48 bits per heavy atom. The second kappa shape index (κ2) is 8.61. The molecule has 2 amide bonds.